The maximum Gasteiger partial charge on any atom is 0.0695 e. The van der Waals surface area contributed by atoms with E-state index in [2.05, 4.69) is 18.7 Å². The smallest absolute Gasteiger partial charge is 0.0695 e. The summed E-state index contributed by atoms with van der Waals surface area (Å²) >= 11 is 0. The molecule has 0 aromatic heterocycles. The van der Waals surface area contributed by atoms with Gasteiger partial charge in [-0.3, -0.25) is 4.90 Å². The Morgan fingerprint density at radius 3 is 2.54 bits per heavy atom. The van der Waals surface area contributed by atoms with Crippen LogP contribution in [0.3, 0.4) is 0 Å². The molecule has 0 aromatic rings. The largest absolute Gasteiger partial charge is 0.391 e. The molecule has 76 valence electrons. The number of aliphatic hydroxyl groups is 1. The van der Waals surface area contributed by atoms with E-state index in [0.29, 0.717) is 11.5 Å². The molecule has 0 radical (unpaired) electrons. The van der Waals surface area contributed by atoms with Crippen LogP contribution in [0.1, 0.15) is 39.5 Å². The van der Waals surface area contributed by atoms with Crippen LogP contribution in [-0.4, -0.2) is 35.2 Å². The highest BCUT2D eigenvalue weighted by molar-refractivity contribution is 4.92. The number of rotatable bonds is 1. The molecule has 13 heavy (non-hydrogen) atoms. The highest BCUT2D eigenvalue weighted by Crippen LogP contribution is 2.34. The van der Waals surface area contributed by atoms with Crippen molar-refractivity contribution >= 4 is 0 Å². The molecule has 0 aromatic carbocycles. The molecule has 1 aliphatic carbocycles. The molecule has 0 amide bonds. The average molecular weight is 183 g/mol. The number of hydrogen-bond acceptors (Lipinski definition) is 2. The lowest BCUT2D eigenvalue weighted by molar-refractivity contribution is 0.0797. The molecule has 0 bridgehead atoms. The maximum absolute atomic E-state index is 9.78. The van der Waals surface area contributed by atoms with Crippen LogP contribution in [0, 0.1) is 5.41 Å². The lowest BCUT2D eigenvalue weighted by Gasteiger charge is -2.28. The average Bonchev–Trinajstić information content (AvgIpc) is 2.56. The first-order chi connectivity index (χ1) is 6.08. The molecular formula is C11H21NO. The molecule has 1 saturated heterocycles. The number of aliphatic hydroxyl groups excluding tert-OH is 1. The van der Waals surface area contributed by atoms with E-state index in [0.717, 1.165) is 6.42 Å². The molecule has 1 saturated carbocycles. The standard InChI is InChI=1S/C11H21NO/c1-11(2)6-7-12(8-11)9-4-3-5-10(9)13/h9-10,13H,3-8H2,1-2H3/t9-,10-/m0/s1. The second kappa shape index (κ2) is 3.25. The third-order valence-corrected chi connectivity index (χ3v) is 3.62. The molecule has 0 spiro atoms. The van der Waals surface area contributed by atoms with Gasteiger partial charge in [0.1, 0.15) is 0 Å². The fourth-order valence-corrected chi connectivity index (χ4v) is 2.78. The Balaban J connectivity index is 1.95. The molecule has 2 fully saturated rings. The van der Waals surface area contributed by atoms with E-state index in [1.54, 1.807) is 0 Å². The predicted molar refractivity (Wildman–Crippen MR) is 53.6 cm³/mol. The van der Waals surface area contributed by atoms with Crippen LogP contribution in [0.15, 0.2) is 0 Å². The molecule has 2 atom stereocenters. The summed E-state index contributed by atoms with van der Waals surface area (Å²) in [6.45, 7) is 7.02. The Morgan fingerprint density at radius 1 is 1.31 bits per heavy atom. The minimum Gasteiger partial charge on any atom is -0.391 e. The van der Waals surface area contributed by atoms with Crippen molar-refractivity contribution in [1.29, 1.82) is 0 Å². The van der Waals surface area contributed by atoms with Crippen molar-refractivity contribution in [2.24, 2.45) is 5.41 Å². The Kier molecular flexibility index (Phi) is 2.37. The van der Waals surface area contributed by atoms with Gasteiger partial charge >= 0.3 is 0 Å². The Bertz CT molecular complexity index is 191. The van der Waals surface area contributed by atoms with E-state index < -0.39 is 0 Å². The van der Waals surface area contributed by atoms with E-state index >= 15 is 0 Å². The van der Waals surface area contributed by atoms with E-state index in [1.807, 2.05) is 0 Å². The van der Waals surface area contributed by atoms with Gasteiger partial charge in [0.05, 0.1) is 6.10 Å². The summed E-state index contributed by atoms with van der Waals surface area (Å²) in [5.41, 5.74) is 0.475. The molecule has 2 heteroatoms. The monoisotopic (exact) mass is 183 g/mol. The van der Waals surface area contributed by atoms with Gasteiger partial charge in [0.15, 0.2) is 0 Å². The van der Waals surface area contributed by atoms with Crippen LogP contribution in [-0.2, 0) is 0 Å². The SMILES string of the molecule is CC1(C)CCN([C@H]2CCC[C@@H]2O)C1. The van der Waals surface area contributed by atoms with Crippen molar-refractivity contribution < 1.29 is 5.11 Å². The second-order valence-electron chi connectivity index (χ2n) is 5.45. The first-order valence-electron chi connectivity index (χ1n) is 5.51. The zero-order chi connectivity index (χ0) is 9.47. The van der Waals surface area contributed by atoms with Crippen LogP contribution >= 0.6 is 0 Å². The molecular weight excluding hydrogens is 162 g/mol. The van der Waals surface area contributed by atoms with Gasteiger partial charge in [-0.15, -0.1) is 0 Å². The van der Waals surface area contributed by atoms with Gasteiger partial charge in [-0.2, -0.15) is 0 Å². The van der Waals surface area contributed by atoms with Gasteiger partial charge in [0, 0.05) is 12.6 Å². The van der Waals surface area contributed by atoms with E-state index in [9.17, 15) is 5.11 Å². The van der Waals surface area contributed by atoms with Gasteiger partial charge in [-0.05, 0) is 37.6 Å². The maximum atomic E-state index is 9.78. The lowest BCUT2D eigenvalue weighted by Crippen LogP contribution is -2.39. The minimum atomic E-state index is -0.0473. The Morgan fingerprint density at radius 2 is 2.08 bits per heavy atom. The second-order valence-corrected chi connectivity index (χ2v) is 5.45. The number of hydrogen-bond donors (Lipinski definition) is 1. The van der Waals surface area contributed by atoms with Crippen molar-refractivity contribution in [3.63, 3.8) is 0 Å². The van der Waals surface area contributed by atoms with Crippen molar-refractivity contribution in [2.45, 2.75) is 51.7 Å². The van der Waals surface area contributed by atoms with E-state index in [4.69, 9.17) is 0 Å². The molecule has 2 nitrogen and oxygen atoms in total. The summed E-state index contributed by atoms with van der Waals surface area (Å²) in [5.74, 6) is 0. The van der Waals surface area contributed by atoms with Crippen LogP contribution in [0.25, 0.3) is 0 Å². The molecule has 0 unspecified atom stereocenters. The molecule has 2 aliphatic rings. The normalized spacial score (nSPS) is 39.9. The fourth-order valence-electron chi connectivity index (χ4n) is 2.78. The highest BCUT2D eigenvalue weighted by Gasteiger charge is 2.37. The Hall–Kier alpha value is -0.0800. The number of likely N-dealkylation sites (tertiary alicyclic amines) is 1. The Labute approximate surface area is 80.9 Å². The quantitative estimate of drug-likeness (QED) is 0.668. The summed E-state index contributed by atoms with van der Waals surface area (Å²) in [5, 5.41) is 9.78. The lowest BCUT2D eigenvalue weighted by atomic mass is 9.93. The summed E-state index contributed by atoms with van der Waals surface area (Å²) in [6, 6.07) is 0.474. The number of nitrogens with zero attached hydrogens (tertiary/aromatic N) is 1. The molecule has 2 rings (SSSR count). The van der Waals surface area contributed by atoms with Crippen molar-refractivity contribution in [1.82, 2.24) is 4.90 Å². The fraction of sp³-hybridized carbons (Fsp3) is 1.00. The summed E-state index contributed by atoms with van der Waals surface area (Å²) < 4.78 is 0. The van der Waals surface area contributed by atoms with Gasteiger partial charge in [-0.25, -0.2) is 0 Å². The van der Waals surface area contributed by atoms with E-state index in [1.165, 1.54) is 32.4 Å². The van der Waals surface area contributed by atoms with Crippen molar-refractivity contribution in [3.8, 4) is 0 Å². The minimum absolute atomic E-state index is 0.0473. The molecule has 1 aliphatic heterocycles. The first-order valence-corrected chi connectivity index (χ1v) is 5.51. The molecule has 1 N–H and O–H groups in total. The summed E-state index contributed by atoms with van der Waals surface area (Å²) in [4.78, 5) is 2.50. The van der Waals surface area contributed by atoms with Crippen LogP contribution < -0.4 is 0 Å². The zero-order valence-corrected chi connectivity index (χ0v) is 8.79. The zero-order valence-electron chi connectivity index (χ0n) is 8.79. The third-order valence-electron chi connectivity index (χ3n) is 3.62. The van der Waals surface area contributed by atoms with Crippen molar-refractivity contribution in [3.05, 3.63) is 0 Å². The van der Waals surface area contributed by atoms with Gasteiger partial charge in [0.25, 0.3) is 0 Å². The third kappa shape index (κ3) is 1.89. The van der Waals surface area contributed by atoms with Crippen LogP contribution in [0.4, 0.5) is 0 Å². The predicted octanol–water partition coefficient (Wildman–Crippen LogP) is 1.63. The topological polar surface area (TPSA) is 23.5 Å². The van der Waals surface area contributed by atoms with Crippen molar-refractivity contribution in [2.75, 3.05) is 13.1 Å². The summed E-state index contributed by atoms with van der Waals surface area (Å²) in [7, 11) is 0. The van der Waals surface area contributed by atoms with Crippen LogP contribution in [0.5, 0.6) is 0 Å². The molecule has 1 heterocycles. The van der Waals surface area contributed by atoms with Crippen LogP contribution in [0.2, 0.25) is 0 Å². The summed E-state index contributed by atoms with van der Waals surface area (Å²) in [6.07, 6.45) is 4.67. The van der Waals surface area contributed by atoms with Gasteiger partial charge in [-0.1, -0.05) is 13.8 Å². The van der Waals surface area contributed by atoms with E-state index in [-0.39, 0.29) is 6.10 Å². The first kappa shape index (κ1) is 9.47. The van der Waals surface area contributed by atoms with Gasteiger partial charge in [0.2, 0.25) is 0 Å². The van der Waals surface area contributed by atoms with Gasteiger partial charge < -0.3 is 5.11 Å². The highest BCUT2D eigenvalue weighted by atomic mass is 16.3.